The first-order valence-corrected chi connectivity index (χ1v) is 13.6. The molecule has 0 amide bonds. The maximum Gasteiger partial charge on any atom is 0.171 e. The Morgan fingerprint density at radius 3 is 1.40 bits per heavy atom. The Balaban J connectivity index is 0.00000578. The topological polar surface area (TPSA) is 7.76 Å². The molecule has 0 N–H and O–H groups in total. The van der Waals surface area contributed by atoms with Gasteiger partial charge in [0, 0.05) is 36.1 Å². The van der Waals surface area contributed by atoms with Crippen LogP contribution in [0.5, 0.6) is 0 Å². The van der Waals surface area contributed by atoms with Crippen molar-refractivity contribution in [3.05, 3.63) is 60.2 Å². The fourth-order valence-electron chi connectivity index (χ4n) is 4.46. The summed E-state index contributed by atoms with van der Waals surface area (Å²) in [6, 6.07) is 9.04. The number of aromatic nitrogens is 2. The van der Waals surface area contributed by atoms with E-state index in [1.54, 1.807) is 0 Å². The first-order chi connectivity index (χ1) is 15.6. The van der Waals surface area contributed by atoms with Gasteiger partial charge in [-0.1, -0.05) is 48.0 Å². The molecule has 0 unspecified atom stereocenters. The molecule has 2 heterocycles. The van der Waals surface area contributed by atoms with Crippen molar-refractivity contribution >= 4 is 0 Å². The van der Waals surface area contributed by atoms with Crippen LogP contribution >= 0.6 is 0 Å². The lowest BCUT2D eigenvalue weighted by Gasteiger charge is -2.17. The minimum absolute atomic E-state index is 0. The smallest absolute Gasteiger partial charge is 0.171 e. The molecule has 200 valence electrons. The highest BCUT2D eigenvalue weighted by Gasteiger charge is 2.11. The van der Waals surface area contributed by atoms with E-state index in [2.05, 4.69) is 99.7 Å². The van der Waals surface area contributed by atoms with E-state index in [1.165, 1.54) is 81.8 Å². The molecule has 4 heteroatoms. The fourth-order valence-corrected chi connectivity index (χ4v) is 4.46. The van der Waals surface area contributed by atoms with Gasteiger partial charge in [-0.15, -0.1) is 0 Å². The third kappa shape index (κ3) is 17.1. The summed E-state index contributed by atoms with van der Waals surface area (Å²) in [4.78, 5) is 0. The van der Waals surface area contributed by atoms with Crippen LogP contribution in [0.1, 0.15) is 110 Å². The maximum absolute atomic E-state index is 2.40. The summed E-state index contributed by atoms with van der Waals surface area (Å²) in [6.45, 7) is 16.3. The molecule has 0 aliphatic heterocycles. The highest BCUT2D eigenvalue weighted by molar-refractivity contribution is 5.06. The summed E-state index contributed by atoms with van der Waals surface area (Å²) >= 11 is 0. The van der Waals surface area contributed by atoms with E-state index in [1.807, 2.05) is 0 Å². The number of unbranched alkanes of at least 4 members (excludes halogenated alkanes) is 4. The molecule has 0 radical (unpaired) electrons. The monoisotopic (exact) mass is 522 g/mol. The lowest BCUT2D eigenvalue weighted by atomic mass is 9.89. The van der Waals surface area contributed by atoms with Gasteiger partial charge in [0.1, 0.15) is 13.1 Å². The quantitative estimate of drug-likeness (QED) is 0.263. The molecular weight excluding hydrogens is 471 g/mol. The van der Waals surface area contributed by atoms with E-state index < -0.39 is 0 Å². The molecule has 0 spiro atoms. The SMILES string of the molecule is CC(C)(C)CCCCc1ccc[n+](CCCCCc2ccc[n+](CCCCC(C)(C)C)c2)c1.[Cl-].[Cl-]. The van der Waals surface area contributed by atoms with Gasteiger partial charge in [0.05, 0.1) is 0 Å². The summed E-state index contributed by atoms with van der Waals surface area (Å²) in [5.41, 5.74) is 3.89. The minimum atomic E-state index is 0. The molecule has 2 nitrogen and oxygen atoms in total. The second-order valence-corrected chi connectivity index (χ2v) is 12.5. The lowest BCUT2D eigenvalue weighted by molar-refractivity contribution is -0.697. The number of pyridine rings is 2. The molecular formula is C31H52Cl2N2. The van der Waals surface area contributed by atoms with Crippen molar-refractivity contribution < 1.29 is 33.9 Å². The molecule has 0 saturated heterocycles. The van der Waals surface area contributed by atoms with Crippen molar-refractivity contribution in [2.75, 3.05) is 0 Å². The Morgan fingerprint density at radius 2 is 0.943 bits per heavy atom. The third-order valence-corrected chi connectivity index (χ3v) is 6.46. The van der Waals surface area contributed by atoms with Crippen molar-refractivity contribution in [1.29, 1.82) is 0 Å². The predicted octanol–water partition coefficient (Wildman–Crippen LogP) is 1.66. The third-order valence-electron chi connectivity index (χ3n) is 6.46. The van der Waals surface area contributed by atoms with E-state index in [0.717, 1.165) is 13.1 Å². The van der Waals surface area contributed by atoms with Gasteiger partial charge in [-0.2, -0.15) is 0 Å². The van der Waals surface area contributed by atoms with E-state index in [-0.39, 0.29) is 24.8 Å². The predicted molar refractivity (Wildman–Crippen MR) is 141 cm³/mol. The standard InChI is InChI=1S/C31H52N2.2ClH/c1-30(2,3)20-10-9-17-29-19-15-24-32(27-29)22-12-7-8-16-28-18-14-25-33(26-28)23-13-11-21-31(4,5)6;;/h14-15,18-19,24-27H,7-13,16-17,20-23H2,1-6H3;2*1H/q+2;;/p-2. The van der Waals surface area contributed by atoms with Gasteiger partial charge in [-0.25, -0.2) is 9.13 Å². The number of halogens is 2. The van der Waals surface area contributed by atoms with Crippen molar-refractivity contribution in [2.24, 2.45) is 10.8 Å². The molecule has 2 aromatic heterocycles. The van der Waals surface area contributed by atoms with Crippen molar-refractivity contribution in [3.63, 3.8) is 0 Å². The van der Waals surface area contributed by atoms with Crippen molar-refractivity contribution in [1.82, 2.24) is 0 Å². The van der Waals surface area contributed by atoms with E-state index in [9.17, 15) is 0 Å². The normalized spacial score (nSPS) is 11.6. The number of hydrogen-bond acceptors (Lipinski definition) is 0. The average molecular weight is 524 g/mol. The molecule has 0 aliphatic rings. The summed E-state index contributed by atoms with van der Waals surface area (Å²) < 4.78 is 4.79. The molecule has 0 aromatic carbocycles. The van der Waals surface area contributed by atoms with Gasteiger partial charge >= 0.3 is 0 Å². The zero-order valence-corrected chi connectivity index (χ0v) is 25.0. The molecule has 35 heavy (non-hydrogen) atoms. The van der Waals surface area contributed by atoms with Gasteiger partial charge in [-0.05, 0) is 74.3 Å². The Morgan fingerprint density at radius 1 is 0.543 bits per heavy atom. The van der Waals surface area contributed by atoms with E-state index >= 15 is 0 Å². The van der Waals surface area contributed by atoms with Crippen molar-refractivity contribution in [2.45, 2.75) is 125 Å². The zero-order chi connectivity index (χ0) is 24.2. The van der Waals surface area contributed by atoms with Gasteiger partial charge < -0.3 is 24.8 Å². The summed E-state index contributed by atoms with van der Waals surface area (Å²) in [5, 5.41) is 0. The van der Waals surface area contributed by atoms with Crippen LogP contribution in [-0.2, 0) is 25.9 Å². The average Bonchev–Trinajstić information content (AvgIpc) is 2.73. The van der Waals surface area contributed by atoms with E-state index in [0.29, 0.717) is 10.8 Å². The highest BCUT2D eigenvalue weighted by Crippen LogP contribution is 2.22. The van der Waals surface area contributed by atoms with Gasteiger partial charge in [0.15, 0.2) is 24.8 Å². The molecule has 0 bridgehead atoms. The second-order valence-electron chi connectivity index (χ2n) is 12.5. The molecule has 0 atom stereocenters. The number of nitrogens with zero attached hydrogens (tertiary/aromatic N) is 2. The van der Waals surface area contributed by atoms with Crippen LogP contribution in [0.3, 0.4) is 0 Å². The lowest BCUT2D eigenvalue weighted by Crippen LogP contribution is -3.00. The summed E-state index contributed by atoms with van der Waals surface area (Å²) in [5.74, 6) is 0. The van der Waals surface area contributed by atoms with E-state index in [4.69, 9.17) is 0 Å². The van der Waals surface area contributed by atoms with Crippen LogP contribution in [0, 0.1) is 10.8 Å². The van der Waals surface area contributed by atoms with Crippen LogP contribution in [-0.4, -0.2) is 0 Å². The van der Waals surface area contributed by atoms with Gasteiger partial charge in [0.25, 0.3) is 0 Å². The van der Waals surface area contributed by atoms with Crippen LogP contribution < -0.4 is 33.9 Å². The number of aryl methyl sites for hydroxylation is 4. The molecule has 0 saturated carbocycles. The molecule has 0 aliphatic carbocycles. The first kappa shape index (κ1) is 33.9. The zero-order valence-electron chi connectivity index (χ0n) is 23.5. The van der Waals surface area contributed by atoms with Gasteiger partial charge in [0.2, 0.25) is 0 Å². The Hall–Kier alpha value is -1.12. The fraction of sp³-hybridized carbons (Fsp3) is 0.677. The molecule has 2 rings (SSSR count). The van der Waals surface area contributed by atoms with Crippen LogP contribution in [0.15, 0.2) is 49.1 Å². The summed E-state index contributed by atoms with van der Waals surface area (Å²) in [7, 11) is 0. The van der Waals surface area contributed by atoms with Crippen molar-refractivity contribution in [3.8, 4) is 0 Å². The molecule has 0 fully saturated rings. The molecule has 2 aromatic rings. The number of hydrogen-bond donors (Lipinski definition) is 0. The first-order valence-electron chi connectivity index (χ1n) is 13.6. The Labute approximate surface area is 229 Å². The van der Waals surface area contributed by atoms with Gasteiger partial charge in [-0.3, -0.25) is 0 Å². The Bertz CT molecular complexity index is 739. The van der Waals surface area contributed by atoms with Crippen LogP contribution in [0.25, 0.3) is 0 Å². The minimum Gasteiger partial charge on any atom is -1.00 e. The number of rotatable bonds is 14. The van der Waals surface area contributed by atoms with Crippen LogP contribution in [0.2, 0.25) is 0 Å². The van der Waals surface area contributed by atoms with Crippen LogP contribution in [0.4, 0.5) is 0 Å². The highest BCUT2D eigenvalue weighted by atomic mass is 35.5. The summed E-state index contributed by atoms with van der Waals surface area (Å²) in [6.07, 6.45) is 23.3. The largest absolute Gasteiger partial charge is 1.00 e. The maximum atomic E-state index is 2.40. The second kappa shape index (κ2) is 17.4. The Kier molecular flexibility index (Phi) is 16.8.